The Morgan fingerprint density at radius 3 is 2.33 bits per heavy atom. The first-order valence-corrected chi connectivity index (χ1v) is 7.85. The van der Waals surface area contributed by atoms with E-state index < -0.39 is 0 Å². The summed E-state index contributed by atoms with van der Waals surface area (Å²) in [5.74, 6) is 0.805. The predicted molar refractivity (Wildman–Crippen MR) is 77.8 cm³/mol. The summed E-state index contributed by atoms with van der Waals surface area (Å²) in [7, 11) is 0. The van der Waals surface area contributed by atoms with E-state index in [0.717, 1.165) is 38.8 Å². The van der Waals surface area contributed by atoms with Gasteiger partial charge in [-0.1, -0.05) is 32.6 Å². The molecule has 0 aromatic carbocycles. The lowest BCUT2D eigenvalue weighted by Crippen LogP contribution is -2.46. The number of nitrogens with two attached hydrogens (primary N) is 1. The SMILES string of the molecule is CCOCCN(CC)C(CN)C1CCCCCC1. The van der Waals surface area contributed by atoms with Crippen LogP contribution < -0.4 is 5.73 Å². The van der Waals surface area contributed by atoms with E-state index in [1.54, 1.807) is 0 Å². The largest absolute Gasteiger partial charge is 0.380 e. The van der Waals surface area contributed by atoms with Crippen molar-refractivity contribution >= 4 is 0 Å². The summed E-state index contributed by atoms with van der Waals surface area (Å²) in [6.45, 7) is 8.87. The van der Waals surface area contributed by atoms with Crippen molar-refractivity contribution in [2.24, 2.45) is 11.7 Å². The van der Waals surface area contributed by atoms with Crippen molar-refractivity contribution in [1.82, 2.24) is 4.90 Å². The van der Waals surface area contributed by atoms with Crippen LogP contribution in [0.25, 0.3) is 0 Å². The van der Waals surface area contributed by atoms with Gasteiger partial charge in [-0.25, -0.2) is 0 Å². The van der Waals surface area contributed by atoms with Gasteiger partial charge in [0.2, 0.25) is 0 Å². The van der Waals surface area contributed by atoms with Crippen LogP contribution in [0, 0.1) is 5.92 Å². The number of ether oxygens (including phenoxy) is 1. The van der Waals surface area contributed by atoms with Gasteiger partial charge in [0.25, 0.3) is 0 Å². The van der Waals surface area contributed by atoms with Crippen LogP contribution in [0.2, 0.25) is 0 Å². The molecule has 0 radical (unpaired) electrons. The summed E-state index contributed by atoms with van der Waals surface area (Å²) in [6.07, 6.45) is 8.35. The van der Waals surface area contributed by atoms with Gasteiger partial charge in [-0.3, -0.25) is 4.90 Å². The summed E-state index contributed by atoms with van der Waals surface area (Å²) in [5, 5.41) is 0. The van der Waals surface area contributed by atoms with Crippen molar-refractivity contribution in [2.45, 2.75) is 58.4 Å². The molecule has 108 valence electrons. The molecule has 3 heteroatoms. The van der Waals surface area contributed by atoms with Gasteiger partial charge in [-0.2, -0.15) is 0 Å². The maximum atomic E-state index is 6.05. The molecule has 0 bridgehead atoms. The molecule has 0 aromatic heterocycles. The van der Waals surface area contributed by atoms with E-state index in [-0.39, 0.29) is 0 Å². The number of nitrogens with zero attached hydrogens (tertiary/aromatic N) is 1. The zero-order valence-corrected chi connectivity index (χ0v) is 12.4. The zero-order valence-electron chi connectivity index (χ0n) is 12.4. The molecule has 0 heterocycles. The first-order chi connectivity index (χ1) is 8.83. The third kappa shape index (κ3) is 5.25. The van der Waals surface area contributed by atoms with Gasteiger partial charge in [-0.05, 0) is 32.2 Å². The maximum Gasteiger partial charge on any atom is 0.0593 e. The van der Waals surface area contributed by atoms with Crippen LogP contribution in [0.15, 0.2) is 0 Å². The Balaban J connectivity index is 2.48. The lowest BCUT2D eigenvalue weighted by Gasteiger charge is -2.35. The molecule has 1 aliphatic rings. The Kier molecular flexibility index (Phi) is 8.64. The van der Waals surface area contributed by atoms with Crippen molar-refractivity contribution in [2.75, 3.05) is 32.8 Å². The minimum absolute atomic E-state index is 0.563. The number of hydrogen-bond acceptors (Lipinski definition) is 3. The molecule has 1 rings (SSSR count). The van der Waals surface area contributed by atoms with Crippen LogP contribution in [0.3, 0.4) is 0 Å². The molecule has 1 saturated carbocycles. The van der Waals surface area contributed by atoms with E-state index in [2.05, 4.69) is 18.7 Å². The molecule has 2 N–H and O–H groups in total. The second-order valence-corrected chi connectivity index (χ2v) is 5.38. The van der Waals surface area contributed by atoms with E-state index in [1.807, 2.05) is 0 Å². The topological polar surface area (TPSA) is 38.5 Å². The van der Waals surface area contributed by atoms with Crippen LogP contribution >= 0.6 is 0 Å². The Morgan fingerprint density at radius 2 is 1.83 bits per heavy atom. The lowest BCUT2D eigenvalue weighted by molar-refractivity contribution is 0.0777. The minimum atomic E-state index is 0.563. The third-order valence-corrected chi connectivity index (χ3v) is 4.29. The lowest BCUT2D eigenvalue weighted by atomic mass is 9.90. The maximum absolute atomic E-state index is 6.05. The Hall–Kier alpha value is -0.120. The molecule has 1 aliphatic carbocycles. The normalized spacial score (nSPS) is 20.0. The number of likely N-dealkylation sites (N-methyl/N-ethyl adjacent to an activating group) is 1. The quantitative estimate of drug-likeness (QED) is 0.536. The average molecular weight is 256 g/mol. The smallest absolute Gasteiger partial charge is 0.0593 e. The van der Waals surface area contributed by atoms with E-state index >= 15 is 0 Å². The molecule has 0 aliphatic heterocycles. The number of rotatable bonds is 8. The Morgan fingerprint density at radius 1 is 1.17 bits per heavy atom. The van der Waals surface area contributed by atoms with Crippen molar-refractivity contribution in [3.8, 4) is 0 Å². The highest BCUT2D eigenvalue weighted by Crippen LogP contribution is 2.27. The van der Waals surface area contributed by atoms with E-state index in [9.17, 15) is 0 Å². The van der Waals surface area contributed by atoms with Crippen LogP contribution in [0.1, 0.15) is 52.4 Å². The zero-order chi connectivity index (χ0) is 13.2. The van der Waals surface area contributed by atoms with E-state index in [0.29, 0.717) is 6.04 Å². The highest BCUT2D eigenvalue weighted by molar-refractivity contribution is 4.81. The monoisotopic (exact) mass is 256 g/mol. The van der Waals surface area contributed by atoms with Crippen LogP contribution in [-0.2, 0) is 4.74 Å². The highest BCUT2D eigenvalue weighted by Gasteiger charge is 2.25. The van der Waals surface area contributed by atoms with Gasteiger partial charge in [0.1, 0.15) is 0 Å². The van der Waals surface area contributed by atoms with Gasteiger partial charge < -0.3 is 10.5 Å². The predicted octanol–water partition coefficient (Wildman–Crippen LogP) is 2.64. The van der Waals surface area contributed by atoms with Gasteiger partial charge >= 0.3 is 0 Å². The second-order valence-electron chi connectivity index (χ2n) is 5.38. The first-order valence-electron chi connectivity index (χ1n) is 7.85. The van der Waals surface area contributed by atoms with Gasteiger partial charge in [-0.15, -0.1) is 0 Å². The average Bonchev–Trinajstić information content (AvgIpc) is 2.67. The first kappa shape index (κ1) is 15.9. The standard InChI is InChI=1S/C15H32N2O/c1-3-17(11-12-18-4-2)15(13-16)14-9-7-5-6-8-10-14/h14-15H,3-13,16H2,1-2H3. The van der Waals surface area contributed by atoms with Crippen LogP contribution in [0.5, 0.6) is 0 Å². The van der Waals surface area contributed by atoms with E-state index in [1.165, 1.54) is 38.5 Å². The van der Waals surface area contributed by atoms with E-state index in [4.69, 9.17) is 10.5 Å². The fourth-order valence-corrected chi connectivity index (χ4v) is 3.22. The molecule has 0 spiro atoms. The molecule has 0 amide bonds. The molecular weight excluding hydrogens is 224 g/mol. The fourth-order valence-electron chi connectivity index (χ4n) is 3.22. The second kappa shape index (κ2) is 9.76. The Bertz CT molecular complexity index is 191. The van der Waals surface area contributed by atoms with Crippen LogP contribution in [0.4, 0.5) is 0 Å². The molecule has 0 aromatic rings. The molecule has 1 fully saturated rings. The summed E-state index contributed by atoms with van der Waals surface area (Å²) in [6, 6.07) is 0.563. The number of hydrogen-bond donors (Lipinski definition) is 1. The molecule has 0 saturated heterocycles. The summed E-state index contributed by atoms with van der Waals surface area (Å²) in [4.78, 5) is 2.53. The molecular formula is C15H32N2O. The van der Waals surface area contributed by atoms with Gasteiger partial charge in [0.05, 0.1) is 6.61 Å². The Labute approximate surface area is 113 Å². The molecule has 1 unspecified atom stereocenters. The summed E-state index contributed by atoms with van der Waals surface area (Å²) >= 11 is 0. The summed E-state index contributed by atoms with van der Waals surface area (Å²) < 4.78 is 5.49. The molecule has 18 heavy (non-hydrogen) atoms. The minimum Gasteiger partial charge on any atom is -0.380 e. The molecule has 3 nitrogen and oxygen atoms in total. The van der Waals surface area contributed by atoms with Crippen molar-refractivity contribution in [3.05, 3.63) is 0 Å². The van der Waals surface area contributed by atoms with Crippen molar-refractivity contribution in [1.29, 1.82) is 0 Å². The van der Waals surface area contributed by atoms with Gasteiger partial charge in [0, 0.05) is 25.7 Å². The third-order valence-electron chi connectivity index (χ3n) is 4.29. The molecule has 1 atom stereocenters. The fraction of sp³-hybridized carbons (Fsp3) is 1.00. The highest BCUT2D eigenvalue weighted by atomic mass is 16.5. The van der Waals surface area contributed by atoms with Crippen molar-refractivity contribution < 1.29 is 4.74 Å². The summed E-state index contributed by atoms with van der Waals surface area (Å²) in [5.41, 5.74) is 6.05. The van der Waals surface area contributed by atoms with Gasteiger partial charge in [0.15, 0.2) is 0 Å². The van der Waals surface area contributed by atoms with Crippen molar-refractivity contribution in [3.63, 3.8) is 0 Å². The van der Waals surface area contributed by atoms with Crippen LogP contribution in [-0.4, -0.2) is 43.8 Å².